The number of hydrogen-bond donors (Lipinski definition) is 1. The minimum Gasteiger partial charge on any atom is -0.497 e. The molecule has 0 atom stereocenters. The van der Waals surface area contributed by atoms with E-state index in [1.807, 2.05) is 23.0 Å². The van der Waals surface area contributed by atoms with Crippen LogP contribution >= 0.6 is 11.8 Å². The van der Waals surface area contributed by atoms with Gasteiger partial charge in [-0.05, 0) is 37.8 Å². The van der Waals surface area contributed by atoms with Crippen molar-refractivity contribution in [1.29, 1.82) is 0 Å². The second-order valence-corrected chi connectivity index (χ2v) is 9.21. The van der Waals surface area contributed by atoms with Crippen molar-refractivity contribution in [3.05, 3.63) is 30.5 Å². The van der Waals surface area contributed by atoms with E-state index in [0.29, 0.717) is 24.6 Å². The summed E-state index contributed by atoms with van der Waals surface area (Å²) in [5, 5.41) is 9.21. The van der Waals surface area contributed by atoms with Crippen LogP contribution in [0.5, 0.6) is 11.5 Å². The van der Waals surface area contributed by atoms with Gasteiger partial charge >= 0.3 is 0 Å². The number of benzene rings is 1. The fourth-order valence-electron chi connectivity index (χ4n) is 3.88. The molecule has 0 bridgehead atoms. The Balaban J connectivity index is 1.39. The highest BCUT2D eigenvalue weighted by Gasteiger charge is 2.20. The Labute approximate surface area is 204 Å². The van der Waals surface area contributed by atoms with Gasteiger partial charge in [-0.1, -0.05) is 24.8 Å². The maximum atomic E-state index is 12.3. The number of anilines is 1. The Bertz CT molecular complexity index is 1100. The Morgan fingerprint density at radius 2 is 2.00 bits per heavy atom. The van der Waals surface area contributed by atoms with Crippen molar-refractivity contribution in [2.45, 2.75) is 44.3 Å². The number of nitrogens with zero attached hydrogens (tertiary/aromatic N) is 5. The number of thioether (sulfide) groups is 1. The predicted octanol–water partition coefficient (Wildman–Crippen LogP) is 3.52. The summed E-state index contributed by atoms with van der Waals surface area (Å²) >= 11 is 1.68. The first-order chi connectivity index (χ1) is 16.7. The Morgan fingerprint density at radius 3 is 2.79 bits per heavy atom. The van der Waals surface area contributed by atoms with E-state index in [9.17, 15) is 4.79 Å². The Kier molecular flexibility index (Phi) is 8.46. The van der Waals surface area contributed by atoms with Crippen LogP contribution in [0.25, 0.3) is 11.0 Å². The summed E-state index contributed by atoms with van der Waals surface area (Å²) in [7, 11) is 1.59. The van der Waals surface area contributed by atoms with Gasteiger partial charge in [0.05, 0.1) is 25.2 Å². The second kappa shape index (κ2) is 11.9. The van der Waals surface area contributed by atoms with Crippen molar-refractivity contribution in [1.82, 2.24) is 25.1 Å². The minimum atomic E-state index is -0.192. The lowest BCUT2D eigenvalue weighted by Crippen LogP contribution is -2.32. The molecule has 3 heterocycles. The molecule has 0 spiro atoms. The molecule has 1 N–H and O–H groups in total. The van der Waals surface area contributed by atoms with E-state index in [4.69, 9.17) is 19.4 Å². The average Bonchev–Trinajstić information content (AvgIpc) is 3.29. The molecule has 9 nitrogen and oxygen atoms in total. The van der Waals surface area contributed by atoms with Gasteiger partial charge in [0, 0.05) is 31.5 Å². The Morgan fingerprint density at radius 1 is 1.18 bits per heavy atom. The molecule has 10 heteroatoms. The average molecular weight is 485 g/mol. The number of rotatable bonds is 11. The molecule has 0 saturated carbocycles. The fraction of sp³-hybridized carbons (Fsp3) is 0.500. The predicted molar refractivity (Wildman–Crippen MR) is 134 cm³/mol. The van der Waals surface area contributed by atoms with Gasteiger partial charge in [0.15, 0.2) is 17.4 Å². The van der Waals surface area contributed by atoms with Crippen LogP contribution in [0.3, 0.4) is 0 Å². The standard InChI is InChI=1S/C24H32N6O3S/c1-3-14-34-24-27-22(29-11-5-4-6-12-29)20-16-26-30(23(20)28-24)13-10-25-21(31)17-33-19-9-7-8-18(15-19)32-2/h7-9,15-16H,3-6,10-14,17H2,1-2H3,(H,25,31). The first-order valence-corrected chi connectivity index (χ1v) is 12.8. The molecule has 1 saturated heterocycles. The number of aromatic nitrogens is 4. The molecular weight excluding hydrogens is 452 g/mol. The normalized spacial score (nSPS) is 13.8. The van der Waals surface area contributed by atoms with E-state index in [1.165, 1.54) is 19.3 Å². The van der Waals surface area contributed by atoms with E-state index in [-0.39, 0.29) is 12.5 Å². The van der Waals surface area contributed by atoms with E-state index < -0.39 is 0 Å². The zero-order valence-electron chi connectivity index (χ0n) is 19.8. The maximum absolute atomic E-state index is 12.3. The summed E-state index contributed by atoms with van der Waals surface area (Å²) in [6.07, 6.45) is 6.54. The maximum Gasteiger partial charge on any atom is 0.258 e. The third-order valence-corrected chi connectivity index (χ3v) is 6.66. The number of ether oxygens (including phenoxy) is 2. The van der Waals surface area contributed by atoms with Crippen molar-refractivity contribution in [3.8, 4) is 11.5 Å². The lowest BCUT2D eigenvalue weighted by molar-refractivity contribution is -0.123. The molecular formula is C24H32N6O3S. The molecule has 1 fully saturated rings. The van der Waals surface area contributed by atoms with Crippen LogP contribution in [-0.2, 0) is 11.3 Å². The molecule has 1 aliphatic heterocycles. The number of nitrogens with one attached hydrogen (secondary N) is 1. The van der Waals surface area contributed by atoms with Crippen molar-refractivity contribution < 1.29 is 14.3 Å². The van der Waals surface area contributed by atoms with E-state index in [0.717, 1.165) is 47.3 Å². The van der Waals surface area contributed by atoms with Crippen molar-refractivity contribution >= 4 is 34.5 Å². The summed E-state index contributed by atoms with van der Waals surface area (Å²) < 4.78 is 12.6. The largest absolute Gasteiger partial charge is 0.497 e. The zero-order valence-corrected chi connectivity index (χ0v) is 20.6. The third kappa shape index (κ3) is 6.11. The highest BCUT2D eigenvalue weighted by Crippen LogP contribution is 2.29. The van der Waals surface area contributed by atoms with E-state index >= 15 is 0 Å². The number of hydrogen-bond acceptors (Lipinski definition) is 8. The molecule has 2 aromatic heterocycles. The van der Waals surface area contributed by atoms with Crippen LogP contribution in [0, 0.1) is 0 Å². The van der Waals surface area contributed by atoms with Crippen LogP contribution in [0.4, 0.5) is 5.82 Å². The van der Waals surface area contributed by atoms with E-state index in [2.05, 4.69) is 22.2 Å². The van der Waals surface area contributed by atoms with Gasteiger partial charge in [-0.25, -0.2) is 14.6 Å². The van der Waals surface area contributed by atoms with Crippen LogP contribution in [-0.4, -0.2) is 64.8 Å². The number of carbonyl (C=O) groups is 1. The lowest BCUT2D eigenvalue weighted by Gasteiger charge is -2.28. The van der Waals surface area contributed by atoms with Gasteiger partial charge < -0.3 is 19.7 Å². The molecule has 1 aromatic carbocycles. The second-order valence-electron chi connectivity index (χ2n) is 8.15. The first-order valence-electron chi connectivity index (χ1n) is 11.8. The Hall–Kier alpha value is -3.01. The molecule has 0 unspecified atom stereocenters. The van der Waals surface area contributed by atoms with Crippen molar-refractivity contribution in [2.24, 2.45) is 0 Å². The van der Waals surface area contributed by atoms with Gasteiger partial charge in [-0.15, -0.1) is 0 Å². The molecule has 1 amide bonds. The molecule has 0 radical (unpaired) electrons. The lowest BCUT2D eigenvalue weighted by atomic mass is 10.1. The fourth-order valence-corrected chi connectivity index (χ4v) is 4.57. The monoisotopic (exact) mass is 484 g/mol. The van der Waals surface area contributed by atoms with Gasteiger partial charge in [0.25, 0.3) is 5.91 Å². The molecule has 34 heavy (non-hydrogen) atoms. The summed E-state index contributed by atoms with van der Waals surface area (Å²) in [5.74, 6) is 3.03. The number of methoxy groups -OCH3 is 1. The summed E-state index contributed by atoms with van der Waals surface area (Å²) in [5.41, 5.74) is 0.816. The van der Waals surface area contributed by atoms with Crippen molar-refractivity contribution in [2.75, 3.05) is 44.0 Å². The number of carbonyl (C=O) groups excluding carboxylic acids is 1. The summed E-state index contributed by atoms with van der Waals surface area (Å²) in [4.78, 5) is 24.3. The van der Waals surface area contributed by atoms with Gasteiger partial charge in [-0.3, -0.25) is 4.79 Å². The van der Waals surface area contributed by atoms with Gasteiger partial charge in [0.1, 0.15) is 17.3 Å². The molecule has 182 valence electrons. The quantitative estimate of drug-likeness (QED) is 0.326. The number of amides is 1. The molecule has 4 rings (SSSR count). The van der Waals surface area contributed by atoms with E-state index in [1.54, 1.807) is 31.0 Å². The highest BCUT2D eigenvalue weighted by molar-refractivity contribution is 7.99. The van der Waals surface area contributed by atoms with Crippen LogP contribution in [0.15, 0.2) is 35.6 Å². The zero-order chi connectivity index (χ0) is 23.8. The van der Waals surface area contributed by atoms with Crippen molar-refractivity contribution in [3.63, 3.8) is 0 Å². The van der Waals surface area contributed by atoms with Crippen LogP contribution in [0.2, 0.25) is 0 Å². The third-order valence-electron chi connectivity index (χ3n) is 5.60. The smallest absolute Gasteiger partial charge is 0.258 e. The number of fused-ring (bicyclic) bond motifs is 1. The number of piperidine rings is 1. The van der Waals surface area contributed by atoms with Crippen LogP contribution < -0.4 is 19.7 Å². The SMILES string of the molecule is CCCSc1nc(N2CCCCC2)c2cnn(CCNC(=O)COc3cccc(OC)c3)c2n1. The topological polar surface area (TPSA) is 94.4 Å². The van der Waals surface area contributed by atoms with Gasteiger partial charge in [-0.2, -0.15) is 5.10 Å². The molecule has 1 aliphatic rings. The molecule has 3 aromatic rings. The van der Waals surface area contributed by atoms with Crippen LogP contribution in [0.1, 0.15) is 32.6 Å². The first kappa shape index (κ1) is 24.1. The summed E-state index contributed by atoms with van der Waals surface area (Å²) in [6.45, 7) is 5.06. The van der Waals surface area contributed by atoms with Gasteiger partial charge in [0.2, 0.25) is 0 Å². The minimum absolute atomic E-state index is 0.0634. The highest BCUT2D eigenvalue weighted by atomic mass is 32.2. The summed E-state index contributed by atoms with van der Waals surface area (Å²) in [6, 6.07) is 7.19. The molecule has 0 aliphatic carbocycles.